The van der Waals surface area contributed by atoms with Gasteiger partial charge in [-0.15, -0.1) is 0 Å². The summed E-state index contributed by atoms with van der Waals surface area (Å²) in [6.07, 6.45) is 0.927. The van der Waals surface area contributed by atoms with Gasteiger partial charge in [0.15, 0.2) is 23.4 Å². The molecule has 9 heteroatoms. The number of nitriles is 1. The predicted octanol–water partition coefficient (Wildman–Crippen LogP) is 1.11. The van der Waals surface area contributed by atoms with Crippen LogP contribution < -0.4 is 5.73 Å². The van der Waals surface area contributed by atoms with Crippen LogP contribution in [-0.4, -0.2) is 43.8 Å². The van der Waals surface area contributed by atoms with Crippen molar-refractivity contribution in [3.63, 3.8) is 0 Å². The van der Waals surface area contributed by atoms with E-state index in [1.54, 1.807) is 4.68 Å². The lowest BCUT2D eigenvalue weighted by atomic mass is 10.1. The van der Waals surface area contributed by atoms with Crippen molar-refractivity contribution in [3.8, 4) is 6.07 Å². The van der Waals surface area contributed by atoms with Crippen LogP contribution in [0.3, 0.4) is 0 Å². The molecule has 0 spiro atoms. The third kappa shape index (κ3) is 2.07. The Balaban J connectivity index is 1.84. The van der Waals surface area contributed by atoms with E-state index in [0.29, 0.717) is 11.0 Å². The molecule has 0 unspecified atom stereocenters. The quantitative estimate of drug-likeness (QED) is 0.869. The second-order valence-corrected chi connectivity index (χ2v) is 6.40. The van der Waals surface area contributed by atoms with Gasteiger partial charge in [0.25, 0.3) is 0 Å². The molecule has 2 fully saturated rings. The first kappa shape index (κ1) is 15.3. The zero-order chi connectivity index (χ0) is 17.1. The summed E-state index contributed by atoms with van der Waals surface area (Å²) in [5.74, 6) is -0.479. The van der Waals surface area contributed by atoms with Crippen molar-refractivity contribution in [3.05, 3.63) is 12.0 Å². The van der Waals surface area contributed by atoms with Crippen LogP contribution in [0.4, 0.5) is 5.82 Å². The minimum absolute atomic E-state index is 0.120. The summed E-state index contributed by atoms with van der Waals surface area (Å²) in [5, 5.41) is 14.1. The topological polar surface area (TPSA) is 121 Å². The molecule has 2 aliphatic heterocycles. The smallest absolute Gasteiger partial charge is 0.181 e. The molecule has 2 aromatic heterocycles. The van der Waals surface area contributed by atoms with Gasteiger partial charge in [0, 0.05) is 0 Å². The minimum atomic E-state index is -0.695. The van der Waals surface area contributed by atoms with Crippen LogP contribution in [0.25, 0.3) is 11.0 Å². The number of fused-ring (bicyclic) bond motifs is 2. The molecule has 4 atom stereocenters. The zero-order valence-electron chi connectivity index (χ0n) is 13.6. The lowest BCUT2D eigenvalue weighted by Gasteiger charge is -2.24. The number of nitrogen functional groups attached to an aromatic ring is 1. The van der Waals surface area contributed by atoms with Crippen LogP contribution in [-0.2, 0) is 14.2 Å². The van der Waals surface area contributed by atoms with Gasteiger partial charge in [-0.1, -0.05) is 6.92 Å². The van der Waals surface area contributed by atoms with E-state index in [9.17, 15) is 5.26 Å². The monoisotopic (exact) mass is 330 g/mol. The van der Waals surface area contributed by atoms with Crippen LogP contribution in [0.1, 0.15) is 39.1 Å². The minimum Gasteiger partial charge on any atom is -0.383 e. The van der Waals surface area contributed by atoms with Gasteiger partial charge in [0.2, 0.25) is 0 Å². The first-order valence-electron chi connectivity index (χ1n) is 7.85. The van der Waals surface area contributed by atoms with Crippen molar-refractivity contribution in [2.24, 2.45) is 0 Å². The summed E-state index contributed by atoms with van der Waals surface area (Å²) in [6.45, 7) is 5.77. The lowest BCUT2D eigenvalue weighted by molar-refractivity contribution is -0.197. The standard InChI is InChI=1S/C15H18N6O3/c1-4-8-10-11(24-15(2,3)23-10)14(22-8)21-13-9(7(5-16)20-21)12(17)18-6-19-13/h6,8,10-11,14H,4H2,1-3H3,(H2,17,18,19)/t8-,10-,11-,14-/m1/s1. The van der Waals surface area contributed by atoms with Crippen molar-refractivity contribution in [2.75, 3.05) is 5.73 Å². The number of nitrogens with zero attached hydrogens (tertiary/aromatic N) is 5. The molecule has 24 heavy (non-hydrogen) atoms. The fourth-order valence-corrected chi connectivity index (χ4v) is 3.44. The van der Waals surface area contributed by atoms with Crippen LogP contribution in [0.2, 0.25) is 0 Å². The second kappa shape index (κ2) is 5.11. The summed E-state index contributed by atoms with van der Waals surface area (Å²) < 4.78 is 19.7. The van der Waals surface area contributed by atoms with Gasteiger partial charge in [-0.3, -0.25) is 0 Å². The molecule has 0 radical (unpaired) electrons. The number of hydrogen-bond acceptors (Lipinski definition) is 8. The van der Waals surface area contributed by atoms with Gasteiger partial charge in [-0.05, 0) is 20.3 Å². The number of aromatic nitrogens is 4. The molecule has 0 saturated carbocycles. The average Bonchev–Trinajstić information content (AvgIpc) is 3.16. The SMILES string of the molecule is CC[C@H]1O[C@@H](n2nc(C#N)c3c(N)ncnc32)[C@@H]2OC(C)(C)O[C@@H]21. The molecule has 4 rings (SSSR count). The number of rotatable bonds is 2. The van der Waals surface area contributed by atoms with E-state index in [1.165, 1.54) is 6.33 Å². The Labute approximate surface area is 138 Å². The van der Waals surface area contributed by atoms with Gasteiger partial charge in [0.05, 0.1) is 11.5 Å². The molecule has 2 aliphatic rings. The highest BCUT2D eigenvalue weighted by atomic mass is 16.8. The Morgan fingerprint density at radius 2 is 2.08 bits per heavy atom. The van der Waals surface area contributed by atoms with E-state index in [2.05, 4.69) is 15.1 Å². The van der Waals surface area contributed by atoms with E-state index in [4.69, 9.17) is 19.9 Å². The van der Waals surface area contributed by atoms with Crippen LogP contribution in [0, 0.1) is 11.3 Å². The third-order valence-electron chi connectivity index (χ3n) is 4.39. The van der Waals surface area contributed by atoms with Crippen LogP contribution >= 0.6 is 0 Å². The van der Waals surface area contributed by atoms with Crippen molar-refractivity contribution >= 4 is 16.9 Å². The van der Waals surface area contributed by atoms with E-state index >= 15 is 0 Å². The van der Waals surface area contributed by atoms with Gasteiger partial charge < -0.3 is 19.9 Å². The van der Waals surface area contributed by atoms with E-state index in [-0.39, 0.29) is 29.8 Å². The van der Waals surface area contributed by atoms with Gasteiger partial charge in [-0.2, -0.15) is 10.4 Å². The van der Waals surface area contributed by atoms with E-state index in [0.717, 1.165) is 6.42 Å². The average molecular weight is 330 g/mol. The van der Waals surface area contributed by atoms with Gasteiger partial charge >= 0.3 is 0 Å². The Morgan fingerprint density at radius 3 is 2.79 bits per heavy atom. The van der Waals surface area contributed by atoms with E-state index in [1.807, 2.05) is 26.8 Å². The maximum Gasteiger partial charge on any atom is 0.181 e. The molecule has 0 aromatic carbocycles. The number of nitrogens with two attached hydrogens (primary N) is 1. The van der Waals surface area contributed by atoms with E-state index < -0.39 is 12.0 Å². The molecular weight excluding hydrogens is 312 g/mol. The third-order valence-corrected chi connectivity index (χ3v) is 4.39. The zero-order valence-corrected chi connectivity index (χ0v) is 13.6. The molecule has 9 nitrogen and oxygen atoms in total. The summed E-state index contributed by atoms with van der Waals surface area (Å²) in [5.41, 5.74) is 6.52. The number of anilines is 1. The second-order valence-electron chi connectivity index (χ2n) is 6.40. The van der Waals surface area contributed by atoms with Crippen molar-refractivity contribution in [1.82, 2.24) is 19.7 Å². The van der Waals surface area contributed by atoms with Crippen LogP contribution in [0.15, 0.2) is 6.33 Å². The number of ether oxygens (including phenoxy) is 3. The molecule has 0 aliphatic carbocycles. The normalized spacial score (nSPS) is 31.2. The largest absolute Gasteiger partial charge is 0.383 e. The lowest BCUT2D eigenvalue weighted by Crippen LogP contribution is -2.28. The van der Waals surface area contributed by atoms with Crippen LogP contribution in [0.5, 0.6) is 0 Å². The van der Waals surface area contributed by atoms with Crippen molar-refractivity contribution < 1.29 is 14.2 Å². The molecular formula is C15H18N6O3. The summed E-state index contributed by atoms with van der Waals surface area (Å²) in [6, 6.07) is 2.04. The van der Waals surface area contributed by atoms with Crippen molar-refractivity contribution in [2.45, 2.75) is 57.5 Å². The summed E-state index contributed by atoms with van der Waals surface area (Å²) >= 11 is 0. The molecule has 0 amide bonds. The predicted molar refractivity (Wildman–Crippen MR) is 82.5 cm³/mol. The molecule has 2 saturated heterocycles. The first-order chi connectivity index (χ1) is 11.4. The maximum absolute atomic E-state index is 9.35. The Bertz CT molecular complexity index is 842. The Kier molecular flexibility index (Phi) is 3.25. The Morgan fingerprint density at radius 1 is 1.33 bits per heavy atom. The molecule has 126 valence electrons. The highest BCUT2D eigenvalue weighted by Crippen LogP contribution is 2.44. The Hall–Kier alpha value is -2.28. The fraction of sp³-hybridized carbons (Fsp3) is 0.600. The summed E-state index contributed by atoms with van der Waals surface area (Å²) in [4.78, 5) is 8.18. The van der Waals surface area contributed by atoms with Gasteiger partial charge in [0.1, 0.15) is 30.4 Å². The van der Waals surface area contributed by atoms with Crippen molar-refractivity contribution in [1.29, 1.82) is 5.26 Å². The van der Waals surface area contributed by atoms with Gasteiger partial charge in [-0.25, -0.2) is 14.6 Å². The molecule has 2 aromatic rings. The highest BCUT2D eigenvalue weighted by Gasteiger charge is 2.56. The maximum atomic E-state index is 9.35. The summed E-state index contributed by atoms with van der Waals surface area (Å²) in [7, 11) is 0. The molecule has 4 heterocycles. The highest BCUT2D eigenvalue weighted by molar-refractivity contribution is 5.90. The molecule has 0 bridgehead atoms. The first-order valence-corrected chi connectivity index (χ1v) is 7.85. The fourth-order valence-electron chi connectivity index (χ4n) is 3.44. The number of hydrogen-bond donors (Lipinski definition) is 1. The molecule has 2 N–H and O–H groups in total.